The third-order valence-corrected chi connectivity index (χ3v) is 6.01. The molecule has 0 aliphatic carbocycles. The predicted octanol–water partition coefficient (Wildman–Crippen LogP) is 5.85. The summed E-state index contributed by atoms with van der Waals surface area (Å²) in [5, 5.41) is 4.91. The molecule has 6 heteroatoms. The summed E-state index contributed by atoms with van der Waals surface area (Å²) >= 11 is 1.57. The van der Waals surface area contributed by atoms with E-state index in [1.807, 2.05) is 65.5 Å². The molecule has 0 atom stereocenters. The van der Waals surface area contributed by atoms with Crippen molar-refractivity contribution < 1.29 is 9.59 Å². The van der Waals surface area contributed by atoms with Crippen LogP contribution < -0.4 is 5.32 Å². The van der Waals surface area contributed by atoms with Crippen molar-refractivity contribution in [3.63, 3.8) is 0 Å². The Bertz CT molecular complexity index is 1420. The smallest absolute Gasteiger partial charge is 0.256 e. The van der Waals surface area contributed by atoms with Gasteiger partial charge in [-0.2, -0.15) is 0 Å². The number of thiazole rings is 1. The molecule has 2 heterocycles. The zero-order valence-electron chi connectivity index (χ0n) is 17.3. The van der Waals surface area contributed by atoms with E-state index in [0.717, 1.165) is 21.8 Å². The molecule has 0 radical (unpaired) electrons. The number of aryl methyl sites for hydroxylation is 1. The summed E-state index contributed by atoms with van der Waals surface area (Å²) < 4.78 is 1.97. The monoisotopic (exact) mass is 437 g/mol. The van der Waals surface area contributed by atoms with Crippen molar-refractivity contribution in [3.05, 3.63) is 113 Å². The van der Waals surface area contributed by atoms with Crippen molar-refractivity contribution in [2.24, 2.45) is 0 Å². The van der Waals surface area contributed by atoms with Crippen LogP contribution in [0.1, 0.15) is 31.8 Å². The summed E-state index contributed by atoms with van der Waals surface area (Å²) in [6, 6.07) is 21.8. The summed E-state index contributed by atoms with van der Waals surface area (Å²) in [6.45, 7) is 1.97. The first-order valence-electron chi connectivity index (χ1n) is 10.1. The number of amides is 1. The van der Waals surface area contributed by atoms with Crippen LogP contribution in [0.15, 0.2) is 90.6 Å². The van der Waals surface area contributed by atoms with E-state index in [2.05, 4.69) is 10.3 Å². The Kier molecular flexibility index (Phi) is 5.13. The van der Waals surface area contributed by atoms with Crippen LogP contribution in [0.5, 0.6) is 0 Å². The lowest BCUT2D eigenvalue weighted by Crippen LogP contribution is -2.17. The van der Waals surface area contributed by atoms with E-state index in [1.54, 1.807) is 47.7 Å². The minimum atomic E-state index is -0.330. The number of benzene rings is 3. The molecule has 0 saturated carbocycles. The van der Waals surface area contributed by atoms with Gasteiger partial charge in [-0.15, -0.1) is 11.3 Å². The van der Waals surface area contributed by atoms with Crippen molar-refractivity contribution in [3.8, 4) is 11.3 Å². The number of fused-ring (bicyclic) bond motifs is 1. The van der Waals surface area contributed by atoms with Gasteiger partial charge < -0.3 is 5.32 Å². The van der Waals surface area contributed by atoms with Crippen LogP contribution in [-0.2, 0) is 0 Å². The molecular formula is C26H19N3O2S. The van der Waals surface area contributed by atoms with E-state index >= 15 is 0 Å². The zero-order chi connectivity index (χ0) is 22.1. The number of nitrogens with zero attached hydrogens (tertiary/aromatic N) is 2. The molecule has 0 fully saturated rings. The van der Waals surface area contributed by atoms with Crippen LogP contribution in [0.4, 0.5) is 5.69 Å². The quantitative estimate of drug-likeness (QED) is 0.351. The Morgan fingerprint density at radius 3 is 2.50 bits per heavy atom. The first kappa shape index (κ1) is 19.9. The number of rotatable bonds is 5. The number of nitrogens with one attached hydrogen (secondary N) is 1. The van der Waals surface area contributed by atoms with Gasteiger partial charge in [-0.3, -0.25) is 14.0 Å². The first-order valence-corrected chi connectivity index (χ1v) is 11.0. The fourth-order valence-corrected chi connectivity index (χ4v) is 4.26. The van der Waals surface area contributed by atoms with E-state index < -0.39 is 0 Å². The standard InChI is InChI=1S/C26H19N3O2S/c1-17-9-11-18(12-10-17)24(30)21-7-2-3-8-22(21)25(31)27-20-6-4-5-19(15-20)23-16-29-13-14-32-26(29)28-23/h2-16H,1H3,(H,27,31). The van der Waals surface area contributed by atoms with Gasteiger partial charge in [0, 0.05) is 40.2 Å². The van der Waals surface area contributed by atoms with Crippen LogP contribution in [-0.4, -0.2) is 21.1 Å². The van der Waals surface area contributed by atoms with Gasteiger partial charge in [0.2, 0.25) is 0 Å². The fourth-order valence-electron chi connectivity index (χ4n) is 3.56. The lowest BCUT2D eigenvalue weighted by atomic mass is 9.97. The van der Waals surface area contributed by atoms with Crippen molar-refractivity contribution >= 4 is 33.7 Å². The van der Waals surface area contributed by atoms with Gasteiger partial charge in [0.15, 0.2) is 10.7 Å². The summed E-state index contributed by atoms with van der Waals surface area (Å²) in [4.78, 5) is 31.7. The van der Waals surface area contributed by atoms with Crippen LogP contribution >= 0.6 is 11.3 Å². The Balaban J connectivity index is 1.42. The van der Waals surface area contributed by atoms with E-state index in [9.17, 15) is 9.59 Å². The van der Waals surface area contributed by atoms with Gasteiger partial charge in [0.05, 0.1) is 11.3 Å². The predicted molar refractivity (Wildman–Crippen MR) is 128 cm³/mol. The van der Waals surface area contributed by atoms with E-state index in [4.69, 9.17) is 0 Å². The van der Waals surface area contributed by atoms with Gasteiger partial charge in [0.1, 0.15) is 0 Å². The molecule has 0 spiro atoms. The maximum Gasteiger partial charge on any atom is 0.256 e. The van der Waals surface area contributed by atoms with Gasteiger partial charge in [0.25, 0.3) is 5.91 Å². The van der Waals surface area contributed by atoms with Gasteiger partial charge >= 0.3 is 0 Å². The highest BCUT2D eigenvalue weighted by Crippen LogP contribution is 2.25. The number of anilines is 1. The Morgan fingerprint density at radius 2 is 1.72 bits per heavy atom. The highest BCUT2D eigenvalue weighted by atomic mass is 32.1. The minimum Gasteiger partial charge on any atom is -0.322 e. The SMILES string of the molecule is Cc1ccc(C(=O)c2ccccc2C(=O)Nc2cccc(-c3cn4ccsc4n3)c2)cc1. The van der Waals surface area contributed by atoms with Crippen LogP contribution in [0.25, 0.3) is 16.2 Å². The molecule has 0 unspecified atom stereocenters. The van der Waals surface area contributed by atoms with Crippen molar-refractivity contribution in [2.75, 3.05) is 5.32 Å². The summed E-state index contributed by atoms with van der Waals surface area (Å²) in [6.07, 6.45) is 3.92. The maximum atomic E-state index is 13.1. The fraction of sp³-hybridized carbons (Fsp3) is 0.0385. The molecule has 0 aliphatic heterocycles. The summed E-state index contributed by atoms with van der Waals surface area (Å²) in [5.74, 6) is -0.508. The molecule has 0 aliphatic rings. The molecule has 156 valence electrons. The first-order chi connectivity index (χ1) is 15.6. The molecule has 3 aromatic carbocycles. The van der Waals surface area contributed by atoms with Gasteiger partial charge in [-0.05, 0) is 25.1 Å². The highest BCUT2D eigenvalue weighted by Gasteiger charge is 2.18. The van der Waals surface area contributed by atoms with Gasteiger partial charge in [-0.25, -0.2) is 4.98 Å². The molecule has 32 heavy (non-hydrogen) atoms. The number of aromatic nitrogens is 2. The Hall–Kier alpha value is -4.03. The minimum absolute atomic E-state index is 0.178. The number of hydrogen-bond donors (Lipinski definition) is 1. The number of imidazole rings is 1. The summed E-state index contributed by atoms with van der Waals surface area (Å²) in [7, 11) is 0. The molecule has 5 nitrogen and oxygen atoms in total. The van der Waals surface area contributed by atoms with Crippen LogP contribution in [0.2, 0.25) is 0 Å². The lowest BCUT2D eigenvalue weighted by molar-refractivity contribution is 0.0996. The zero-order valence-corrected chi connectivity index (χ0v) is 18.1. The maximum absolute atomic E-state index is 13.1. The second-order valence-electron chi connectivity index (χ2n) is 7.49. The molecule has 5 aromatic rings. The summed E-state index contributed by atoms with van der Waals surface area (Å²) in [5.41, 5.74) is 4.72. The highest BCUT2D eigenvalue weighted by molar-refractivity contribution is 7.15. The average molecular weight is 438 g/mol. The number of carbonyl (C=O) groups excluding carboxylic acids is 2. The Morgan fingerprint density at radius 1 is 0.938 bits per heavy atom. The average Bonchev–Trinajstić information content (AvgIpc) is 3.42. The van der Waals surface area contributed by atoms with Crippen molar-refractivity contribution in [2.45, 2.75) is 6.92 Å². The third kappa shape index (κ3) is 3.84. The molecule has 1 N–H and O–H groups in total. The number of hydrogen-bond acceptors (Lipinski definition) is 4. The lowest BCUT2D eigenvalue weighted by Gasteiger charge is -2.11. The van der Waals surface area contributed by atoms with Crippen molar-refractivity contribution in [1.82, 2.24) is 9.38 Å². The second-order valence-corrected chi connectivity index (χ2v) is 8.37. The van der Waals surface area contributed by atoms with E-state index in [1.165, 1.54) is 0 Å². The topological polar surface area (TPSA) is 63.5 Å². The second kappa shape index (κ2) is 8.24. The molecule has 0 bridgehead atoms. The van der Waals surface area contributed by atoms with E-state index in [0.29, 0.717) is 22.4 Å². The van der Waals surface area contributed by atoms with Crippen molar-refractivity contribution in [1.29, 1.82) is 0 Å². The normalized spacial score (nSPS) is 10.9. The molecule has 5 rings (SSSR count). The largest absolute Gasteiger partial charge is 0.322 e. The van der Waals surface area contributed by atoms with E-state index in [-0.39, 0.29) is 11.7 Å². The molecule has 1 amide bonds. The van der Waals surface area contributed by atoms with Gasteiger partial charge in [-0.1, -0.05) is 60.2 Å². The molecular weight excluding hydrogens is 418 g/mol. The Labute approximate surface area is 189 Å². The third-order valence-electron chi connectivity index (χ3n) is 5.24. The molecule has 2 aromatic heterocycles. The molecule has 0 saturated heterocycles. The number of carbonyl (C=O) groups is 2. The van der Waals surface area contributed by atoms with Crippen LogP contribution in [0.3, 0.4) is 0 Å². The van der Waals surface area contributed by atoms with Crippen LogP contribution in [0, 0.1) is 6.92 Å². The number of ketones is 1.